The molecular formula is C53H40N2O3S2. The monoisotopic (exact) mass is 816 g/mol. The molecule has 1 amide bonds. The normalized spacial score (nSPS) is 12.9. The van der Waals surface area contributed by atoms with Gasteiger partial charge < -0.3 is 10.0 Å². The minimum atomic E-state index is -1.11. The van der Waals surface area contributed by atoms with Crippen LogP contribution in [0.3, 0.4) is 0 Å². The van der Waals surface area contributed by atoms with Crippen LogP contribution in [-0.4, -0.2) is 32.7 Å². The molecule has 1 aliphatic heterocycles. The molecule has 0 radical (unpaired) electrons. The van der Waals surface area contributed by atoms with Crippen LogP contribution in [0.15, 0.2) is 193 Å². The highest BCUT2D eigenvalue weighted by Crippen LogP contribution is 2.39. The number of carbonyl (C=O) groups is 2. The number of thiocarbonyl (C=S) groups is 1. The highest BCUT2D eigenvalue weighted by Gasteiger charge is 2.33. The fraction of sp³-hybridized carbons (Fsp3) is 0.0377. The fourth-order valence-electron chi connectivity index (χ4n) is 7.28. The minimum absolute atomic E-state index is 0.240. The van der Waals surface area contributed by atoms with Crippen LogP contribution in [0.5, 0.6) is 0 Å². The number of amides is 1. The first-order valence-electron chi connectivity index (χ1n) is 19.5. The number of aliphatic carboxylic acids is 1. The van der Waals surface area contributed by atoms with Crippen molar-refractivity contribution in [3.8, 4) is 0 Å². The Labute approximate surface area is 360 Å². The van der Waals surface area contributed by atoms with E-state index >= 15 is 0 Å². The van der Waals surface area contributed by atoms with Gasteiger partial charge in [-0.3, -0.25) is 14.5 Å². The lowest BCUT2D eigenvalue weighted by atomic mass is 9.95. The predicted molar refractivity (Wildman–Crippen MR) is 253 cm³/mol. The molecule has 0 aromatic heterocycles. The van der Waals surface area contributed by atoms with Crippen molar-refractivity contribution < 1.29 is 14.7 Å². The van der Waals surface area contributed by atoms with Crippen LogP contribution in [-0.2, 0) is 9.59 Å². The number of rotatable bonds is 12. The van der Waals surface area contributed by atoms with Crippen molar-refractivity contribution in [2.24, 2.45) is 0 Å². The number of carboxylic acids is 1. The average molecular weight is 817 g/mol. The molecule has 0 unspecified atom stereocenters. The molecule has 0 bridgehead atoms. The lowest BCUT2D eigenvalue weighted by Crippen LogP contribution is -2.33. The molecule has 1 fully saturated rings. The molecule has 0 atom stereocenters. The van der Waals surface area contributed by atoms with Gasteiger partial charge in [-0.15, -0.1) is 0 Å². The summed E-state index contributed by atoms with van der Waals surface area (Å²) in [6.45, 7) is 1.60. The van der Waals surface area contributed by atoms with Crippen molar-refractivity contribution in [2.75, 3.05) is 11.4 Å². The molecule has 292 valence electrons. The maximum absolute atomic E-state index is 13.1. The smallest absolute Gasteiger partial charge is 0.323 e. The number of benzene rings is 7. The van der Waals surface area contributed by atoms with Crippen molar-refractivity contribution in [1.29, 1.82) is 0 Å². The maximum atomic E-state index is 13.1. The van der Waals surface area contributed by atoms with Crippen LogP contribution in [0.25, 0.3) is 29.4 Å². The van der Waals surface area contributed by atoms with Crippen molar-refractivity contribution in [1.82, 2.24) is 4.90 Å². The third-order valence-corrected chi connectivity index (χ3v) is 11.6. The summed E-state index contributed by atoms with van der Waals surface area (Å²) in [4.78, 5) is 28.2. The Hall–Kier alpha value is -7.06. The second kappa shape index (κ2) is 18.2. The van der Waals surface area contributed by atoms with Crippen molar-refractivity contribution in [3.05, 3.63) is 237 Å². The third-order valence-electron chi connectivity index (χ3n) is 10.2. The summed E-state index contributed by atoms with van der Waals surface area (Å²) in [7, 11) is 0. The second-order valence-electron chi connectivity index (χ2n) is 14.3. The molecule has 7 heteroatoms. The molecule has 7 aromatic carbocycles. The summed E-state index contributed by atoms with van der Waals surface area (Å²) >= 11 is 6.45. The number of aryl methyl sites for hydroxylation is 1. The first-order valence-corrected chi connectivity index (χ1v) is 20.8. The molecule has 1 heterocycles. The molecule has 0 aliphatic carbocycles. The highest BCUT2D eigenvalue weighted by atomic mass is 32.2. The van der Waals surface area contributed by atoms with Gasteiger partial charge in [0.2, 0.25) is 0 Å². The Morgan fingerprint density at radius 1 is 0.600 bits per heavy atom. The molecule has 5 nitrogen and oxygen atoms in total. The van der Waals surface area contributed by atoms with E-state index in [1.54, 1.807) is 6.08 Å². The molecule has 1 N–H and O–H groups in total. The zero-order valence-corrected chi connectivity index (χ0v) is 34.4. The SMILES string of the molecule is Cc1cc(C=C2SC(=S)N(CC(=O)O)C2=O)ccc1N(c1ccc(C=C(c2ccccc2)c2ccccc2)cc1)c1ccc(C=C(c2ccccc2)c2ccccc2)cc1. The quantitative estimate of drug-likeness (QED) is 0.0753. The summed E-state index contributed by atoms with van der Waals surface area (Å²) in [5, 5.41) is 9.30. The molecule has 1 saturated heterocycles. The largest absolute Gasteiger partial charge is 0.480 e. The van der Waals surface area contributed by atoms with Gasteiger partial charge in [0.1, 0.15) is 10.9 Å². The Morgan fingerprint density at radius 3 is 1.38 bits per heavy atom. The Morgan fingerprint density at radius 2 is 1.00 bits per heavy atom. The Balaban J connectivity index is 1.18. The first kappa shape index (κ1) is 39.8. The van der Waals surface area contributed by atoms with E-state index in [1.165, 1.54) is 0 Å². The minimum Gasteiger partial charge on any atom is -0.480 e. The number of hydrogen-bond donors (Lipinski definition) is 1. The molecule has 7 aromatic rings. The molecule has 0 saturated carbocycles. The molecular weight excluding hydrogens is 777 g/mol. The van der Waals surface area contributed by atoms with Crippen LogP contribution in [0.2, 0.25) is 0 Å². The van der Waals surface area contributed by atoms with Crippen LogP contribution in [0, 0.1) is 6.92 Å². The van der Waals surface area contributed by atoms with E-state index in [0.29, 0.717) is 4.91 Å². The number of anilines is 3. The van der Waals surface area contributed by atoms with Gasteiger partial charge in [-0.05, 0) is 117 Å². The van der Waals surface area contributed by atoms with Gasteiger partial charge in [0, 0.05) is 17.1 Å². The number of carboxylic acid groups (broad SMARTS) is 1. The van der Waals surface area contributed by atoms with E-state index in [9.17, 15) is 14.7 Å². The molecule has 1 aliphatic rings. The average Bonchev–Trinajstić information content (AvgIpc) is 3.54. The van der Waals surface area contributed by atoms with Crippen LogP contribution in [0.1, 0.15) is 44.5 Å². The topological polar surface area (TPSA) is 60.9 Å². The zero-order chi connectivity index (χ0) is 41.4. The van der Waals surface area contributed by atoms with Gasteiger partial charge in [0.15, 0.2) is 0 Å². The van der Waals surface area contributed by atoms with Gasteiger partial charge >= 0.3 is 5.97 Å². The first-order chi connectivity index (χ1) is 29.3. The van der Waals surface area contributed by atoms with Gasteiger partial charge in [0.05, 0.1) is 4.91 Å². The van der Waals surface area contributed by atoms with Crippen molar-refractivity contribution in [2.45, 2.75) is 6.92 Å². The highest BCUT2D eigenvalue weighted by molar-refractivity contribution is 8.26. The summed E-state index contributed by atoms with van der Waals surface area (Å²) in [5.74, 6) is -1.51. The molecule has 0 spiro atoms. The van der Waals surface area contributed by atoms with Crippen LogP contribution in [0.4, 0.5) is 17.1 Å². The van der Waals surface area contributed by atoms with Crippen molar-refractivity contribution >= 4 is 86.6 Å². The summed E-state index contributed by atoms with van der Waals surface area (Å²) < 4.78 is 0.240. The van der Waals surface area contributed by atoms with E-state index < -0.39 is 18.4 Å². The number of hydrogen-bond acceptors (Lipinski definition) is 5. The second-order valence-corrected chi connectivity index (χ2v) is 16.0. The third kappa shape index (κ3) is 9.13. The van der Waals surface area contributed by atoms with Crippen LogP contribution >= 0.6 is 24.0 Å². The lowest BCUT2D eigenvalue weighted by Gasteiger charge is -2.27. The number of nitrogens with zero attached hydrogens (tertiary/aromatic N) is 2. The number of thioether (sulfide) groups is 1. The van der Waals surface area contributed by atoms with E-state index in [2.05, 4.69) is 176 Å². The van der Waals surface area contributed by atoms with Gasteiger partial charge in [-0.2, -0.15) is 0 Å². The summed E-state index contributed by atoms with van der Waals surface area (Å²) in [6, 6.07) is 65.1. The predicted octanol–water partition coefficient (Wildman–Crippen LogP) is 12.9. The lowest BCUT2D eigenvalue weighted by molar-refractivity contribution is -0.140. The van der Waals surface area contributed by atoms with Gasteiger partial charge in [0.25, 0.3) is 5.91 Å². The molecule has 8 rings (SSSR count). The van der Waals surface area contributed by atoms with E-state index in [0.717, 1.165) is 89.4 Å². The Bertz CT molecular complexity index is 2530. The van der Waals surface area contributed by atoms with Crippen molar-refractivity contribution in [3.63, 3.8) is 0 Å². The standard InChI is InChI=1S/C53H40N2O3S2/c1-37-32-40(35-50-52(58)54(36-51(56)57)53(59)60-50)26-31-49(37)55(45-27-22-38(23-28-45)33-47(41-14-6-2-7-15-41)42-16-8-3-9-17-42)46-29-24-39(25-30-46)34-48(43-18-10-4-11-19-43)44-20-12-5-13-21-44/h2-35H,36H2,1H3,(H,56,57). The maximum Gasteiger partial charge on any atom is 0.323 e. The van der Waals surface area contributed by atoms with E-state index in [4.69, 9.17) is 12.2 Å². The number of carbonyl (C=O) groups excluding carboxylic acids is 1. The molecule has 60 heavy (non-hydrogen) atoms. The fourth-order valence-corrected chi connectivity index (χ4v) is 8.53. The zero-order valence-electron chi connectivity index (χ0n) is 32.8. The summed E-state index contributed by atoms with van der Waals surface area (Å²) in [6.07, 6.45) is 6.24. The van der Waals surface area contributed by atoms with E-state index in [1.807, 2.05) is 36.4 Å². The van der Waals surface area contributed by atoms with Gasteiger partial charge in [-0.25, -0.2) is 0 Å². The van der Waals surface area contributed by atoms with Crippen LogP contribution < -0.4 is 4.90 Å². The Kier molecular flexibility index (Phi) is 12.1. The van der Waals surface area contributed by atoms with Gasteiger partial charge in [-0.1, -0.05) is 176 Å². The summed E-state index contributed by atoms with van der Waals surface area (Å²) in [5.41, 5.74) is 13.7. The van der Waals surface area contributed by atoms with E-state index in [-0.39, 0.29) is 4.32 Å².